The van der Waals surface area contributed by atoms with Crippen molar-refractivity contribution in [3.8, 4) is 11.5 Å². The van der Waals surface area contributed by atoms with Crippen LogP contribution in [-0.4, -0.2) is 31.7 Å². The minimum absolute atomic E-state index is 0.176. The number of carbonyl (C=O) groups excluding carboxylic acids is 2. The van der Waals surface area contributed by atoms with E-state index in [9.17, 15) is 9.59 Å². The van der Waals surface area contributed by atoms with Crippen molar-refractivity contribution >= 4 is 57.9 Å². The smallest absolute Gasteiger partial charge is 0.271 e. The number of hydrazone groups is 1. The third-order valence-corrected chi connectivity index (χ3v) is 5.47. The zero-order valence-electron chi connectivity index (χ0n) is 17.9. The van der Waals surface area contributed by atoms with Gasteiger partial charge in [0.15, 0.2) is 18.1 Å². The van der Waals surface area contributed by atoms with Gasteiger partial charge in [-0.05, 0) is 83.6 Å². The molecule has 0 bridgehead atoms. The molecule has 3 aromatic rings. The van der Waals surface area contributed by atoms with E-state index >= 15 is 0 Å². The number of amides is 2. The molecule has 0 saturated carbocycles. The minimum atomic E-state index is -0.357. The number of benzene rings is 3. The SMILES string of the molecule is COc1cc(/C=N\NC(=O)c2ccc(Cl)cc2)cc(I)c1OCC(=O)Nc1ccc(C)cc1. The maximum atomic E-state index is 12.2. The Labute approximate surface area is 210 Å². The molecule has 2 amide bonds. The highest BCUT2D eigenvalue weighted by atomic mass is 127. The summed E-state index contributed by atoms with van der Waals surface area (Å²) < 4.78 is 11.9. The van der Waals surface area contributed by atoms with Crippen molar-refractivity contribution in [2.45, 2.75) is 6.92 Å². The average molecular weight is 578 g/mol. The zero-order valence-corrected chi connectivity index (χ0v) is 20.8. The highest BCUT2D eigenvalue weighted by Crippen LogP contribution is 2.33. The summed E-state index contributed by atoms with van der Waals surface area (Å²) in [6, 6.07) is 17.5. The molecule has 3 aromatic carbocycles. The molecule has 0 fully saturated rings. The highest BCUT2D eigenvalue weighted by molar-refractivity contribution is 14.1. The molecule has 0 unspecified atom stereocenters. The molecule has 9 heteroatoms. The van der Waals surface area contributed by atoms with Crippen molar-refractivity contribution in [3.63, 3.8) is 0 Å². The van der Waals surface area contributed by atoms with E-state index in [0.29, 0.717) is 33.3 Å². The van der Waals surface area contributed by atoms with Crippen molar-refractivity contribution in [2.24, 2.45) is 5.10 Å². The Morgan fingerprint density at radius 3 is 2.45 bits per heavy atom. The number of carbonyl (C=O) groups is 2. The Kier molecular flexibility index (Phi) is 8.67. The molecule has 0 aromatic heterocycles. The predicted molar refractivity (Wildman–Crippen MR) is 138 cm³/mol. The van der Waals surface area contributed by atoms with E-state index in [1.807, 2.05) is 31.2 Å². The van der Waals surface area contributed by atoms with Gasteiger partial charge in [-0.3, -0.25) is 9.59 Å². The van der Waals surface area contributed by atoms with E-state index in [4.69, 9.17) is 21.1 Å². The molecule has 0 aliphatic heterocycles. The van der Waals surface area contributed by atoms with Crippen LogP contribution >= 0.6 is 34.2 Å². The van der Waals surface area contributed by atoms with Gasteiger partial charge in [-0.1, -0.05) is 29.3 Å². The summed E-state index contributed by atoms with van der Waals surface area (Å²) in [5.41, 5.74) is 5.40. The van der Waals surface area contributed by atoms with Crippen molar-refractivity contribution in [1.29, 1.82) is 0 Å². The Hall–Kier alpha value is -3.11. The number of aryl methyl sites for hydroxylation is 1. The van der Waals surface area contributed by atoms with Crippen LogP contribution in [0.1, 0.15) is 21.5 Å². The first-order valence-corrected chi connectivity index (χ1v) is 11.3. The number of anilines is 1. The van der Waals surface area contributed by atoms with E-state index in [1.165, 1.54) is 13.3 Å². The third kappa shape index (κ3) is 7.19. The minimum Gasteiger partial charge on any atom is -0.493 e. The van der Waals surface area contributed by atoms with Gasteiger partial charge in [0.05, 0.1) is 16.9 Å². The van der Waals surface area contributed by atoms with Crippen molar-refractivity contribution < 1.29 is 19.1 Å². The van der Waals surface area contributed by atoms with Crippen LogP contribution in [0.25, 0.3) is 0 Å². The predicted octanol–water partition coefficient (Wildman–Crippen LogP) is 5.04. The molecular formula is C24H21ClIN3O4. The summed E-state index contributed by atoms with van der Waals surface area (Å²) in [7, 11) is 1.51. The van der Waals surface area contributed by atoms with Crippen LogP contribution in [0.15, 0.2) is 65.8 Å². The molecule has 3 rings (SSSR count). The quantitative estimate of drug-likeness (QED) is 0.223. The largest absolute Gasteiger partial charge is 0.493 e. The van der Waals surface area contributed by atoms with Crippen LogP contribution in [0.5, 0.6) is 11.5 Å². The van der Waals surface area contributed by atoms with Gasteiger partial charge in [-0.2, -0.15) is 5.10 Å². The summed E-state index contributed by atoms with van der Waals surface area (Å²) in [6.07, 6.45) is 1.49. The standard InChI is InChI=1S/C24H21ClIN3O4/c1-15-3-9-19(10-4-15)28-22(30)14-33-23-20(26)11-16(12-21(23)32-2)13-27-29-24(31)17-5-7-18(25)8-6-17/h3-13H,14H2,1-2H3,(H,28,30)(H,29,31)/b27-13-. The van der Waals surface area contributed by atoms with Gasteiger partial charge < -0.3 is 14.8 Å². The van der Waals surface area contributed by atoms with Gasteiger partial charge >= 0.3 is 0 Å². The van der Waals surface area contributed by atoms with Crippen molar-refractivity contribution in [2.75, 3.05) is 19.0 Å². The number of ether oxygens (including phenoxy) is 2. The molecule has 0 aliphatic carbocycles. The highest BCUT2D eigenvalue weighted by Gasteiger charge is 2.13. The van der Waals surface area contributed by atoms with Crippen molar-refractivity contribution in [3.05, 3.63) is 85.9 Å². The topological polar surface area (TPSA) is 89.0 Å². The Bertz CT molecular complexity index is 1170. The molecule has 170 valence electrons. The summed E-state index contributed by atoms with van der Waals surface area (Å²) >= 11 is 7.92. The second-order valence-corrected chi connectivity index (χ2v) is 8.54. The fourth-order valence-electron chi connectivity index (χ4n) is 2.76. The Balaban J connectivity index is 1.62. The monoisotopic (exact) mass is 577 g/mol. The molecule has 33 heavy (non-hydrogen) atoms. The number of rotatable bonds is 8. The molecule has 0 heterocycles. The molecular weight excluding hydrogens is 557 g/mol. The number of hydrogen-bond donors (Lipinski definition) is 2. The summed E-state index contributed by atoms with van der Waals surface area (Å²) in [5.74, 6) is 0.242. The normalized spacial score (nSPS) is 10.7. The van der Waals surface area contributed by atoms with E-state index in [1.54, 1.807) is 36.4 Å². The summed E-state index contributed by atoms with van der Waals surface area (Å²) in [6.45, 7) is 1.80. The van der Waals surface area contributed by atoms with Gasteiger partial charge in [0, 0.05) is 16.3 Å². The summed E-state index contributed by atoms with van der Waals surface area (Å²) in [4.78, 5) is 24.4. The maximum Gasteiger partial charge on any atom is 0.271 e. The fourth-order valence-corrected chi connectivity index (χ4v) is 3.66. The van der Waals surface area contributed by atoms with Crippen LogP contribution in [-0.2, 0) is 4.79 Å². The lowest BCUT2D eigenvalue weighted by molar-refractivity contribution is -0.118. The van der Waals surface area contributed by atoms with Gasteiger partial charge in [-0.15, -0.1) is 0 Å². The van der Waals surface area contributed by atoms with E-state index in [2.05, 4.69) is 38.4 Å². The second kappa shape index (κ2) is 11.7. The summed E-state index contributed by atoms with van der Waals surface area (Å²) in [5, 5.41) is 7.33. The van der Waals surface area contributed by atoms with E-state index in [-0.39, 0.29) is 18.4 Å². The first-order valence-electron chi connectivity index (χ1n) is 9.81. The first kappa shape index (κ1) is 24.5. The molecule has 0 radical (unpaired) electrons. The number of halogens is 2. The lowest BCUT2D eigenvalue weighted by Crippen LogP contribution is -2.20. The average Bonchev–Trinajstić information content (AvgIpc) is 2.80. The van der Waals surface area contributed by atoms with E-state index in [0.717, 1.165) is 9.13 Å². The second-order valence-electron chi connectivity index (χ2n) is 6.94. The third-order valence-electron chi connectivity index (χ3n) is 4.42. The van der Waals surface area contributed by atoms with Gasteiger partial charge in [-0.25, -0.2) is 5.43 Å². The molecule has 0 aliphatic rings. The Morgan fingerprint density at radius 2 is 1.79 bits per heavy atom. The zero-order chi connectivity index (χ0) is 23.8. The molecule has 2 N–H and O–H groups in total. The van der Waals surface area contributed by atoms with Gasteiger partial charge in [0.25, 0.3) is 11.8 Å². The van der Waals surface area contributed by atoms with Gasteiger partial charge in [0.1, 0.15) is 0 Å². The lowest BCUT2D eigenvalue weighted by Gasteiger charge is -2.13. The maximum absolute atomic E-state index is 12.2. The molecule has 0 spiro atoms. The van der Waals surface area contributed by atoms with Gasteiger partial charge in [0.2, 0.25) is 0 Å². The van der Waals surface area contributed by atoms with Crippen LogP contribution in [0, 0.1) is 10.5 Å². The lowest BCUT2D eigenvalue weighted by atomic mass is 10.2. The number of hydrogen-bond acceptors (Lipinski definition) is 5. The Morgan fingerprint density at radius 1 is 1.09 bits per heavy atom. The van der Waals surface area contributed by atoms with Crippen LogP contribution in [0.4, 0.5) is 5.69 Å². The van der Waals surface area contributed by atoms with Crippen LogP contribution in [0.2, 0.25) is 5.02 Å². The first-order chi connectivity index (χ1) is 15.9. The number of methoxy groups -OCH3 is 1. The molecule has 0 atom stereocenters. The van der Waals surface area contributed by atoms with E-state index < -0.39 is 0 Å². The fraction of sp³-hybridized carbons (Fsp3) is 0.125. The number of nitrogens with zero attached hydrogens (tertiary/aromatic N) is 1. The molecule has 7 nitrogen and oxygen atoms in total. The van der Waals surface area contributed by atoms with Crippen molar-refractivity contribution in [1.82, 2.24) is 5.43 Å². The van der Waals surface area contributed by atoms with Crippen LogP contribution in [0.3, 0.4) is 0 Å². The molecule has 0 saturated heterocycles. The number of nitrogens with one attached hydrogen (secondary N) is 2. The van der Waals surface area contributed by atoms with Crippen LogP contribution < -0.4 is 20.2 Å².